The molecule has 2 atom stereocenters. The van der Waals surface area contributed by atoms with Gasteiger partial charge in [0.25, 0.3) is 0 Å². The van der Waals surface area contributed by atoms with E-state index in [1.54, 1.807) is 12.1 Å². The Balaban J connectivity index is 0.00000200. The lowest BCUT2D eigenvalue weighted by molar-refractivity contribution is 0.145. The lowest BCUT2D eigenvalue weighted by Crippen LogP contribution is -2.28. The zero-order chi connectivity index (χ0) is 13.8. The molecule has 0 bridgehead atoms. The quantitative estimate of drug-likeness (QED) is 0.842. The smallest absolute Gasteiger partial charge is 0.0773 e. The second-order valence-electron chi connectivity index (χ2n) is 4.45. The van der Waals surface area contributed by atoms with Crippen LogP contribution in [0.1, 0.15) is 17.2 Å². The maximum atomic E-state index is 10.2. The molecule has 0 aliphatic rings. The standard InChI is InChI=1S/C15H15BrClNO.ClH/c16-13-9-11(17)6-7-12(13)15(18)14(19)8-10-4-2-1-3-5-10;/h1-7,9,14-15,19H,8,18H2;1H/t14-,15+;/m0./s1. The number of aliphatic hydroxyl groups excluding tert-OH is 1. The molecular weight excluding hydrogens is 361 g/mol. The third-order valence-electron chi connectivity index (χ3n) is 3.02. The minimum atomic E-state index is -0.639. The van der Waals surface area contributed by atoms with Crippen LogP contribution in [0.3, 0.4) is 0 Å². The number of hydrogen-bond donors (Lipinski definition) is 2. The van der Waals surface area contributed by atoms with Crippen molar-refractivity contribution in [2.75, 3.05) is 0 Å². The van der Waals surface area contributed by atoms with Gasteiger partial charge in [0.1, 0.15) is 0 Å². The van der Waals surface area contributed by atoms with Crippen LogP contribution in [-0.4, -0.2) is 11.2 Å². The molecule has 0 aromatic heterocycles. The topological polar surface area (TPSA) is 46.2 Å². The summed E-state index contributed by atoms with van der Waals surface area (Å²) in [6.45, 7) is 0. The lowest BCUT2D eigenvalue weighted by atomic mass is 9.97. The lowest BCUT2D eigenvalue weighted by Gasteiger charge is -2.20. The first kappa shape index (κ1) is 17.5. The van der Waals surface area contributed by atoms with Crippen molar-refractivity contribution in [3.05, 3.63) is 69.2 Å². The van der Waals surface area contributed by atoms with Crippen molar-refractivity contribution < 1.29 is 5.11 Å². The van der Waals surface area contributed by atoms with Crippen molar-refractivity contribution in [3.63, 3.8) is 0 Å². The van der Waals surface area contributed by atoms with Crippen molar-refractivity contribution in [2.24, 2.45) is 5.73 Å². The average Bonchev–Trinajstić information content (AvgIpc) is 2.39. The van der Waals surface area contributed by atoms with Crippen LogP contribution in [0, 0.1) is 0 Å². The first-order valence-electron chi connectivity index (χ1n) is 6.00. The molecule has 3 N–H and O–H groups in total. The van der Waals surface area contributed by atoms with Gasteiger partial charge in [-0.2, -0.15) is 0 Å². The van der Waals surface area contributed by atoms with E-state index in [2.05, 4.69) is 15.9 Å². The zero-order valence-corrected chi connectivity index (χ0v) is 13.8. The molecular formula is C15H16BrCl2NO. The summed E-state index contributed by atoms with van der Waals surface area (Å²) >= 11 is 9.32. The van der Waals surface area contributed by atoms with E-state index in [0.29, 0.717) is 11.4 Å². The van der Waals surface area contributed by atoms with Crippen LogP contribution < -0.4 is 5.73 Å². The van der Waals surface area contributed by atoms with Gasteiger partial charge in [-0.1, -0.05) is 63.9 Å². The number of halogens is 3. The Morgan fingerprint density at radius 1 is 1.15 bits per heavy atom. The third-order valence-corrected chi connectivity index (χ3v) is 3.95. The number of benzene rings is 2. The predicted octanol–water partition coefficient (Wildman–Crippen LogP) is 4.13. The van der Waals surface area contributed by atoms with Crippen LogP contribution in [0.15, 0.2) is 53.0 Å². The van der Waals surface area contributed by atoms with Crippen LogP contribution >= 0.6 is 39.9 Å². The maximum Gasteiger partial charge on any atom is 0.0773 e. The van der Waals surface area contributed by atoms with Crippen LogP contribution in [0.25, 0.3) is 0 Å². The minimum Gasteiger partial charge on any atom is -0.391 e. The molecule has 0 radical (unpaired) electrons. The van der Waals surface area contributed by atoms with Crippen LogP contribution in [0.5, 0.6) is 0 Å². The fourth-order valence-corrected chi connectivity index (χ4v) is 2.91. The summed E-state index contributed by atoms with van der Waals surface area (Å²) in [4.78, 5) is 0. The van der Waals surface area contributed by atoms with Gasteiger partial charge < -0.3 is 10.8 Å². The molecule has 0 aliphatic carbocycles. The van der Waals surface area contributed by atoms with Gasteiger partial charge in [-0.05, 0) is 23.3 Å². The van der Waals surface area contributed by atoms with E-state index in [-0.39, 0.29) is 12.4 Å². The molecule has 0 fully saturated rings. The van der Waals surface area contributed by atoms with Crippen LogP contribution in [0.2, 0.25) is 5.02 Å². The van der Waals surface area contributed by atoms with Crippen LogP contribution in [0.4, 0.5) is 0 Å². The summed E-state index contributed by atoms with van der Waals surface area (Å²) in [5.74, 6) is 0. The van der Waals surface area contributed by atoms with E-state index < -0.39 is 12.1 Å². The largest absolute Gasteiger partial charge is 0.391 e. The van der Waals surface area contributed by atoms with Crippen LogP contribution in [-0.2, 0) is 6.42 Å². The highest BCUT2D eigenvalue weighted by Gasteiger charge is 2.19. The second-order valence-corrected chi connectivity index (χ2v) is 5.74. The Kier molecular flexibility index (Phi) is 7.00. The second kappa shape index (κ2) is 8.01. The van der Waals surface area contributed by atoms with Gasteiger partial charge in [0, 0.05) is 15.9 Å². The van der Waals surface area contributed by atoms with Gasteiger partial charge in [-0.25, -0.2) is 0 Å². The monoisotopic (exact) mass is 375 g/mol. The van der Waals surface area contributed by atoms with Gasteiger partial charge >= 0.3 is 0 Å². The molecule has 5 heteroatoms. The first-order valence-corrected chi connectivity index (χ1v) is 7.17. The Morgan fingerprint density at radius 3 is 2.40 bits per heavy atom. The molecule has 0 unspecified atom stereocenters. The van der Waals surface area contributed by atoms with E-state index >= 15 is 0 Å². The Bertz CT molecular complexity index is 551. The molecule has 0 spiro atoms. The summed E-state index contributed by atoms with van der Waals surface area (Å²) in [5, 5.41) is 10.9. The maximum absolute atomic E-state index is 10.2. The molecule has 0 heterocycles. The molecule has 0 saturated heterocycles. The van der Waals surface area contributed by atoms with Crippen molar-refractivity contribution in [1.82, 2.24) is 0 Å². The normalized spacial score (nSPS) is 13.4. The Morgan fingerprint density at radius 2 is 1.80 bits per heavy atom. The molecule has 2 aromatic rings. The van der Waals surface area contributed by atoms with Gasteiger partial charge in [0.2, 0.25) is 0 Å². The third kappa shape index (κ3) is 4.47. The van der Waals surface area contributed by atoms with Crippen molar-refractivity contribution in [1.29, 1.82) is 0 Å². The van der Waals surface area contributed by atoms with Gasteiger partial charge in [0.05, 0.1) is 12.1 Å². The molecule has 108 valence electrons. The summed E-state index contributed by atoms with van der Waals surface area (Å²) in [7, 11) is 0. The van der Waals surface area contributed by atoms with Gasteiger partial charge in [0.15, 0.2) is 0 Å². The number of nitrogens with two attached hydrogens (primary N) is 1. The van der Waals surface area contributed by atoms with E-state index in [0.717, 1.165) is 15.6 Å². The first-order chi connectivity index (χ1) is 9.08. The predicted molar refractivity (Wildman–Crippen MR) is 89.5 cm³/mol. The molecule has 0 aliphatic heterocycles. The van der Waals surface area contributed by atoms with E-state index in [9.17, 15) is 5.11 Å². The van der Waals surface area contributed by atoms with Crippen molar-refractivity contribution in [3.8, 4) is 0 Å². The number of hydrogen-bond acceptors (Lipinski definition) is 2. The highest BCUT2D eigenvalue weighted by Crippen LogP contribution is 2.28. The average molecular weight is 377 g/mol. The van der Waals surface area contributed by atoms with Gasteiger partial charge in [-0.15, -0.1) is 12.4 Å². The molecule has 2 nitrogen and oxygen atoms in total. The van der Waals surface area contributed by atoms with Gasteiger partial charge in [-0.3, -0.25) is 0 Å². The molecule has 0 saturated carbocycles. The van der Waals surface area contributed by atoms with E-state index in [1.807, 2.05) is 36.4 Å². The number of rotatable bonds is 4. The zero-order valence-electron chi connectivity index (χ0n) is 10.7. The fraction of sp³-hybridized carbons (Fsp3) is 0.200. The summed E-state index contributed by atoms with van der Waals surface area (Å²) < 4.78 is 0.819. The molecule has 20 heavy (non-hydrogen) atoms. The SMILES string of the molecule is Cl.N[C@H](c1ccc(Cl)cc1Br)[C@@H](O)Cc1ccccc1. The minimum absolute atomic E-state index is 0. The molecule has 2 aromatic carbocycles. The van der Waals surface area contributed by atoms with Crippen molar-refractivity contribution >= 4 is 39.9 Å². The van der Waals surface area contributed by atoms with Crippen molar-refractivity contribution in [2.45, 2.75) is 18.6 Å². The Hall–Kier alpha value is -0.580. The summed E-state index contributed by atoms with van der Waals surface area (Å²) in [6.07, 6.45) is -0.114. The highest BCUT2D eigenvalue weighted by atomic mass is 79.9. The van der Waals surface area contributed by atoms with E-state index in [4.69, 9.17) is 17.3 Å². The highest BCUT2D eigenvalue weighted by molar-refractivity contribution is 9.10. The summed E-state index contributed by atoms with van der Waals surface area (Å²) in [5.41, 5.74) is 8.03. The molecule has 2 rings (SSSR count). The molecule has 0 amide bonds. The summed E-state index contributed by atoms with van der Waals surface area (Å²) in [6, 6.07) is 14.8. The fourth-order valence-electron chi connectivity index (χ4n) is 1.96. The number of aliphatic hydroxyl groups is 1. The Labute approximate surface area is 138 Å². The van der Waals surface area contributed by atoms with E-state index in [1.165, 1.54) is 0 Å².